The van der Waals surface area contributed by atoms with Crippen molar-refractivity contribution >= 4 is 10.0 Å². The monoisotopic (exact) mass is 300 g/mol. The minimum absolute atomic E-state index is 0.0745. The normalized spacial score (nSPS) is 11.9. The van der Waals surface area contributed by atoms with Gasteiger partial charge in [-0.05, 0) is 19.9 Å². The second kappa shape index (κ2) is 5.73. The number of rotatable bonds is 6. The lowest BCUT2D eigenvalue weighted by molar-refractivity contribution is 0.271. The topological polar surface area (TPSA) is 110 Å². The highest BCUT2D eigenvalue weighted by Crippen LogP contribution is 2.15. The Bertz CT molecular complexity index is 668. The van der Waals surface area contributed by atoms with Gasteiger partial charge in [-0.1, -0.05) is 5.16 Å². The molecule has 0 aromatic carbocycles. The van der Waals surface area contributed by atoms with Crippen LogP contribution in [0.4, 0.5) is 0 Å². The van der Waals surface area contributed by atoms with Crippen LogP contribution in [-0.2, 0) is 29.7 Å². The average molecular weight is 300 g/mol. The molecule has 20 heavy (non-hydrogen) atoms. The number of hydrogen-bond donors (Lipinski definition) is 2. The first kappa shape index (κ1) is 14.7. The van der Waals surface area contributed by atoms with E-state index in [0.29, 0.717) is 18.1 Å². The number of aliphatic hydroxyl groups excluding tert-OH is 1. The zero-order valence-electron chi connectivity index (χ0n) is 11.2. The van der Waals surface area contributed by atoms with E-state index in [1.165, 1.54) is 12.3 Å². The summed E-state index contributed by atoms with van der Waals surface area (Å²) in [7, 11) is -3.68. The van der Waals surface area contributed by atoms with Crippen LogP contribution in [0.2, 0.25) is 0 Å². The first-order chi connectivity index (χ1) is 9.46. The lowest BCUT2D eigenvalue weighted by Gasteiger charge is -2.02. The Kier molecular flexibility index (Phi) is 4.21. The molecule has 9 heteroatoms. The predicted octanol–water partition coefficient (Wildman–Crippen LogP) is 0.170. The summed E-state index contributed by atoms with van der Waals surface area (Å²) in [5.74, 6) is 0.641. The Morgan fingerprint density at radius 2 is 2.25 bits per heavy atom. The Labute approximate surface area is 116 Å². The van der Waals surface area contributed by atoms with Crippen LogP contribution >= 0.6 is 0 Å². The summed E-state index contributed by atoms with van der Waals surface area (Å²) in [5, 5.41) is 12.7. The molecule has 0 bridgehead atoms. The van der Waals surface area contributed by atoms with E-state index in [9.17, 15) is 8.42 Å². The van der Waals surface area contributed by atoms with Gasteiger partial charge in [-0.2, -0.15) is 4.98 Å². The molecule has 0 atom stereocenters. The van der Waals surface area contributed by atoms with Gasteiger partial charge >= 0.3 is 0 Å². The summed E-state index contributed by atoms with van der Waals surface area (Å²) < 4.78 is 33.1. The molecule has 2 aromatic rings. The SMILES string of the molecule is CCn1cc(S(=O)(=O)NCc2nc(C)no2)cc1CO. The van der Waals surface area contributed by atoms with Crippen molar-refractivity contribution in [2.24, 2.45) is 0 Å². The van der Waals surface area contributed by atoms with Gasteiger partial charge in [-0.15, -0.1) is 0 Å². The van der Waals surface area contributed by atoms with Crippen molar-refractivity contribution < 1.29 is 18.0 Å². The molecule has 0 spiro atoms. The number of nitrogens with zero attached hydrogens (tertiary/aromatic N) is 3. The van der Waals surface area contributed by atoms with Crippen LogP contribution in [0.5, 0.6) is 0 Å². The van der Waals surface area contributed by atoms with Gasteiger partial charge in [0.15, 0.2) is 5.82 Å². The van der Waals surface area contributed by atoms with Crippen molar-refractivity contribution in [3.8, 4) is 0 Å². The van der Waals surface area contributed by atoms with Crippen LogP contribution in [0.25, 0.3) is 0 Å². The lowest BCUT2D eigenvalue weighted by atomic mass is 10.4. The van der Waals surface area contributed by atoms with E-state index in [4.69, 9.17) is 9.63 Å². The molecule has 2 rings (SSSR count). The van der Waals surface area contributed by atoms with Gasteiger partial charge in [-0.3, -0.25) is 0 Å². The number of nitrogens with one attached hydrogen (secondary N) is 1. The van der Waals surface area contributed by atoms with Crippen LogP contribution in [0.1, 0.15) is 24.3 Å². The van der Waals surface area contributed by atoms with Crippen molar-refractivity contribution in [3.63, 3.8) is 0 Å². The minimum Gasteiger partial charge on any atom is -0.390 e. The van der Waals surface area contributed by atoms with Gasteiger partial charge < -0.3 is 14.2 Å². The largest absolute Gasteiger partial charge is 0.390 e. The molecule has 110 valence electrons. The third-order valence-electron chi connectivity index (χ3n) is 2.76. The van der Waals surface area contributed by atoms with E-state index in [1.54, 1.807) is 11.5 Å². The standard InChI is InChI=1S/C11H16N4O4S/c1-3-15-6-10(4-9(15)7-16)20(17,18)12-5-11-13-8(2)14-19-11/h4,6,12,16H,3,5,7H2,1-2H3. The molecule has 0 saturated heterocycles. The molecule has 0 radical (unpaired) electrons. The van der Waals surface area contributed by atoms with Crippen molar-refractivity contribution in [1.82, 2.24) is 19.4 Å². The van der Waals surface area contributed by atoms with Gasteiger partial charge in [0.05, 0.1) is 18.0 Å². The molecule has 0 aliphatic rings. The molecular formula is C11H16N4O4S. The average Bonchev–Trinajstić information content (AvgIpc) is 3.02. The first-order valence-electron chi connectivity index (χ1n) is 6.05. The van der Waals surface area contributed by atoms with Crippen molar-refractivity contribution in [3.05, 3.63) is 29.7 Å². The molecule has 0 aliphatic carbocycles. The van der Waals surface area contributed by atoms with Gasteiger partial charge in [0, 0.05) is 18.4 Å². The fourth-order valence-corrected chi connectivity index (χ4v) is 2.79. The fourth-order valence-electron chi connectivity index (χ4n) is 1.75. The second-order valence-corrected chi connectivity index (χ2v) is 5.94. The zero-order chi connectivity index (χ0) is 14.8. The number of sulfonamides is 1. The summed E-state index contributed by atoms with van der Waals surface area (Å²) in [6.45, 7) is 3.80. The predicted molar refractivity (Wildman–Crippen MR) is 69.1 cm³/mol. The first-order valence-corrected chi connectivity index (χ1v) is 7.53. The summed E-state index contributed by atoms with van der Waals surface area (Å²) >= 11 is 0. The quantitative estimate of drug-likeness (QED) is 0.787. The zero-order valence-corrected chi connectivity index (χ0v) is 12.0. The van der Waals surface area contributed by atoms with Crippen LogP contribution < -0.4 is 4.72 Å². The highest BCUT2D eigenvalue weighted by atomic mass is 32.2. The molecule has 2 heterocycles. The fraction of sp³-hybridized carbons (Fsp3) is 0.455. The highest BCUT2D eigenvalue weighted by molar-refractivity contribution is 7.89. The van der Waals surface area contributed by atoms with E-state index < -0.39 is 10.0 Å². The third kappa shape index (κ3) is 3.06. The van der Waals surface area contributed by atoms with E-state index in [2.05, 4.69) is 14.9 Å². The van der Waals surface area contributed by atoms with Crippen molar-refractivity contribution in [2.45, 2.75) is 38.4 Å². The highest BCUT2D eigenvalue weighted by Gasteiger charge is 2.18. The maximum Gasteiger partial charge on any atom is 0.242 e. The molecule has 0 unspecified atom stereocenters. The van der Waals surface area contributed by atoms with Crippen LogP contribution in [-0.4, -0.2) is 28.2 Å². The second-order valence-electron chi connectivity index (χ2n) is 4.17. The number of aromatic nitrogens is 3. The molecule has 0 aliphatic heterocycles. The van der Waals surface area contributed by atoms with Crippen molar-refractivity contribution in [1.29, 1.82) is 0 Å². The molecule has 8 nitrogen and oxygen atoms in total. The maximum absolute atomic E-state index is 12.1. The Morgan fingerprint density at radius 1 is 1.50 bits per heavy atom. The smallest absolute Gasteiger partial charge is 0.242 e. The molecule has 0 saturated carbocycles. The Balaban J connectivity index is 2.15. The molecule has 2 N–H and O–H groups in total. The van der Waals surface area contributed by atoms with Gasteiger partial charge in [-0.25, -0.2) is 13.1 Å². The molecular weight excluding hydrogens is 284 g/mol. The van der Waals surface area contributed by atoms with Gasteiger partial charge in [0.25, 0.3) is 0 Å². The van der Waals surface area contributed by atoms with Gasteiger partial charge in [0.1, 0.15) is 0 Å². The van der Waals surface area contributed by atoms with E-state index in [-0.39, 0.29) is 23.9 Å². The third-order valence-corrected chi connectivity index (χ3v) is 4.13. The number of aryl methyl sites for hydroxylation is 2. The molecule has 0 amide bonds. The summed E-state index contributed by atoms with van der Waals surface area (Å²) in [6.07, 6.45) is 1.48. The van der Waals surface area contributed by atoms with Crippen LogP contribution in [0.15, 0.2) is 21.7 Å². The maximum atomic E-state index is 12.1. The summed E-state index contributed by atoms with van der Waals surface area (Å²) in [4.78, 5) is 4.01. The molecule has 0 fully saturated rings. The van der Waals surface area contributed by atoms with Crippen LogP contribution in [0.3, 0.4) is 0 Å². The lowest BCUT2D eigenvalue weighted by Crippen LogP contribution is -2.23. The van der Waals surface area contributed by atoms with Gasteiger partial charge in [0.2, 0.25) is 15.9 Å². The van der Waals surface area contributed by atoms with Crippen LogP contribution in [0, 0.1) is 6.92 Å². The van der Waals surface area contributed by atoms with E-state index in [0.717, 1.165) is 0 Å². The number of hydrogen-bond acceptors (Lipinski definition) is 6. The minimum atomic E-state index is -3.68. The molecule has 2 aromatic heterocycles. The van der Waals surface area contributed by atoms with Crippen molar-refractivity contribution in [2.75, 3.05) is 0 Å². The summed E-state index contributed by atoms with van der Waals surface area (Å²) in [6, 6.07) is 1.44. The Hall–Kier alpha value is -1.71. The van der Waals surface area contributed by atoms with E-state index in [1.807, 2.05) is 6.92 Å². The van der Waals surface area contributed by atoms with E-state index >= 15 is 0 Å². The Morgan fingerprint density at radius 3 is 2.75 bits per heavy atom. The number of aliphatic hydroxyl groups is 1. The summed E-state index contributed by atoms with van der Waals surface area (Å²) in [5.41, 5.74) is 0.543.